The Morgan fingerprint density at radius 3 is 2.43 bits per heavy atom. The smallest absolute Gasteiger partial charge is 0.265 e. The van der Waals surface area contributed by atoms with Crippen molar-refractivity contribution in [1.82, 2.24) is 4.98 Å². The highest BCUT2D eigenvalue weighted by molar-refractivity contribution is 7.21. The van der Waals surface area contributed by atoms with Gasteiger partial charge in [-0.25, -0.2) is 4.98 Å². The second kappa shape index (κ2) is 8.23. The number of nitrogens with one attached hydrogen (secondary N) is 1. The summed E-state index contributed by atoms with van der Waals surface area (Å²) in [7, 11) is 0. The van der Waals surface area contributed by atoms with Crippen LogP contribution in [0.25, 0.3) is 20.8 Å². The molecule has 0 spiro atoms. The summed E-state index contributed by atoms with van der Waals surface area (Å²) in [5.74, 6) is 0.537. The summed E-state index contributed by atoms with van der Waals surface area (Å²) in [6, 6.07) is 25.2. The third-order valence-electron chi connectivity index (χ3n) is 4.38. The molecule has 140 valence electrons. The summed E-state index contributed by atoms with van der Waals surface area (Å²) >= 11 is 1.66. The van der Waals surface area contributed by atoms with E-state index in [0.29, 0.717) is 12.2 Å². The summed E-state index contributed by atoms with van der Waals surface area (Å²) in [4.78, 5) is 17.2. The van der Waals surface area contributed by atoms with E-state index in [-0.39, 0.29) is 5.91 Å². The summed E-state index contributed by atoms with van der Waals surface area (Å²) in [5, 5.41) is 3.91. The molecule has 0 aliphatic rings. The first kappa shape index (κ1) is 18.2. The average Bonchev–Trinajstić information content (AvgIpc) is 3.17. The van der Waals surface area contributed by atoms with E-state index in [2.05, 4.69) is 16.4 Å². The first-order valence-electron chi connectivity index (χ1n) is 9.21. The van der Waals surface area contributed by atoms with E-state index in [4.69, 9.17) is 4.74 Å². The predicted molar refractivity (Wildman–Crippen MR) is 115 cm³/mol. The number of carbonyl (C=O) groups is 1. The van der Waals surface area contributed by atoms with Gasteiger partial charge in [0, 0.05) is 11.3 Å². The van der Waals surface area contributed by atoms with Crippen LogP contribution in [0.1, 0.15) is 13.3 Å². The molecule has 0 aliphatic carbocycles. The van der Waals surface area contributed by atoms with Crippen molar-refractivity contribution in [1.29, 1.82) is 0 Å². The Balaban J connectivity index is 1.45. The fourth-order valence-electron chi connectivity index (χ4n) is 2.90. The highest BCUT2D eigenvalue weighted by Crippen LogP contribution is 2.30. The first-order chi connectivity index (χ1) is 13.7. The largest absolute Gasteiger partial charge is 0.481 e. The molecular weight excluding hydrogens is 368 g/mol. The lowest BCUT2D eigenvalue weighted by Gasteiger charge is -2.17. The first-order valence-corrected chi connectivity index (χ1v) is 10.0. The number of hydrogen-bond donors (Lipinski definition) is 1. The Hall–Kier alpha value is -3.18. The predicted octanol–water partition coefficient (Wildman–Crippen LogP) is 5.76. The van der Waals surface area contributed by atoms with Gasteiger partial charge in [0.25, 0.3) is 5.91 Å². The minimum Gasteiger partial charge on any atom is -0.481 e. The molecule has 1 amide bonds. The molecule has 0 fully saturated rings. The summed E-state index contributed by atoms with van der Waals surface area (Å²) in [6.45, 7) is 1.93. The molecule has 0 aliphatic heterocycles. The van der Waals surface area contributed by atoms with Gasteiger partial charge in [-0.1, -0.05) is 37.3 Å². The SMILES string of the molecule is CC[C@H](Oc1ccccc1)C(=O)Nc1ccc(-c2nc3ccccc3s2)cc1. The maximum Gasteiger partial charge on any atom is 0.265 e. The van der Waals surface area contributed by atoms with Gasteiger partial charge in [0.05, 0.1) is 10.2 Å². The van der Waals surface area contributed by atoms with E-state index in [9.17, 15) is 4.79 Å². The minimum atomic E-state index is -0.536. The van der Waals surface area contributed by atoms with E-state index in [1.165, 1.54) is 4.70 Å². The molecule has 0 saturated heterocycles. The summed E-state index contributed by atoms with van der Waals surface area (Å²) < 4.78 is 6.97. The maximum absolute atomic E-state index is 12.6. The molecule has 4 aromatic rings. The van der Waals surface area contributed by atoms with Crippen LogP contribution in [-0.4, -0.2) is 17.0 Å². The Morgan fingerprint density at radius 2 is 1.71 bits per heavy atom. The molecule has 0 unspecified atom stereocenters. The van der Waals surface area contributed by atoms with Crippen LogP contribution >= 0.6 is 11.3 Å². The zero-order valence-corrected chi connectivity index (χ0v) is 16.3. The summed E-state index contributed by atoms with van der Waals surface area (Å²) in [6.07, 6.45) is 0.0520. The number of para-hydroxylation sites is 2. The quantitative estimate of drug-likeness (QED) is 0.457. The number of hydrogen-bond acceptors (Lipinski definition) is 4. The Morgan fingerprint density at radius 1 is 1.00 bits per heavy atom. The van der Waals surface area contributed by atoms with Gasteiger partial charge in [0.2, 0.25) is 0 Å². The van der Waals surface area contributed by atoms with Gasteiger partial charge < -0.3 is 10.1 Å². The number of fused-ring (bicyclic) bond motifs is 1. The standard InChI is InChI=1S/C23H20N2O2S/c1-2-20(27-18-8-4-3-5-9-18)22(26)24-17-14-12-16(13-15-17)23-25-19-10-6-7-11-21(19)28-23/h3-15,20H,2H2,1H3,(H,24,26)/t20-/m0/s1. The molecule has 0 radical (unpaired) electrons. The topological polar surface area (TPSA) is 51.2 Å². The molecule has 1 N–H and O–H groups in total. The van der Waals surface area contributed by atoms with Crippen molar-refractivity contribution in [3.05, 3.63) is 78.9 Å². The van der Waals surface area contributed by atoms with Crippen molar-refractivity contribution in [2.24, 2.45) is 0 Å². The van der Waals surface area contributed by atoms with Gasteiger partial charge in [0.1, 0.15) is 10.8 Å². The second-order valence-corrected chi connectivity index (χ2v) is 7.41. The Bertz CT molecular complexity index is 1040. The molecule has 1 atom stereocenters. The molecule has 4 nitrogen and oxygen atoms in total. The van der Waals surface area contributed by atoms with Crippen LogP contribution in [0.3, 0.4) is 0 Å². The van der Waals surface area contributed by atoms with Crippen LogP contribution < -0.4 is 10.1 Å². The second-order valence-electron chi connectivity index (χ2n) is 6.38. The number of ether oxygens (including phenoxy) is 1. The van der Waals surface area contributed by atoms with Gasteiger partial charge in [0.15, 0.2) is 6.10 Å². The summed E-state index contributed by atoms with van der Waals surface area (Å²) in [5.41, 5.74) is 2.78. The third kappa shape index (κ3) is 4.05. The lowest BCUT2D eigenvalue weighted by molar-refractivity contribution is -0.122. The number of rotatable bonds is 6. The number of amides is 1. The van der Waals surface area contributed by atoms with Gasteiger partial charge in [-0.3, -0.25) is 4.79 Å². The van der Waals surface area contributed by atoms with Crippen LogP contribution in [0.15, 0.2) is 78.9 Å². The molecule has 1 heterocycles. The van der Waals surface area contributed by atoms with Crippen LogP contribution in [0.2, 0.25) is 0 Å². The fraction of sp³-hybridized carbons (Fsp3) is 0.130. The number of anilines is 1. The number of aromatic nitrogens is 1. The van der Waals surface area contributed by atoms with Gasteiger partial charge >= 0.3 is 0 Å². The van der Waals surface area contributed by atoms with Gasteiger partial charge in [-0.05, 0) is 55.0 Å². The number of benzene rings is 3. The Kier molecular flexibility index (Phi) is 5.35. The van der Waals surface area contributed by atoms with Crippen molar-refractivity contribution in [3.63, 3.8) is 0 Å². The van der Waals surface area contributed by atoms with Gasteiger partial charge in [-0.2, -0.15) is 0 Å². The molecule has 28 heavy (non-hydrogen) atoms. The normalized spacial score (nSPS) is 11.9. The van der Waals surface area contributed by atoms with Crippen LogP contribution in [0.5, 0.6) is 5.75 Å². The van der Waals surface area contributed by atoms with Crippen molar-refractivity contribution in [2.75, 3.05) is 5.32 Å². The number of carbonyl (C=O) groups excluding carboxylic acids is 1. The zero-order valence-electron chi connectivity index (χ0n) is 15.5. The monoisotopic (exact) mass is 388 g/mol. The lowest BCUT2D eigenvalue weighted by Crippen LogP contribution is -2.32. The van der Waals surface area contributed by atoms with Crippen molar-refractivity contribution < 1.29 is 9.53 Å². The zero-order chi connectivity index (χ0) is 19.3. The molecule has 3 aromatic carbocycles. The molecular formula is C23H20N2O2S. The van der Waals surface area contributed by atoms with Crippen molar-refractivity contribution in [3.8, 4) is 16.3 Å². The van der Waals surface area contributed by atoms with Crippen molar-refractivity contribution in [2.45, 2.75) is 19.4 Å². The van der Waals surface area contributed by atoms with Crippen molar-refractivity contribution >= 4 is 33.1 Å². The van der Waals surface area contributed by atoms with E-state index in [1.54, 1.807) is 11.3 Å². The minimum absolute atomic E-state index is 0.154. The number of nitrogens with zero attached hydrogens (tertiary/aromatic N) is 1. The average molecular weight is 388 g/mol. The molecule has 5 heteroatoms. The van der Waals surface area contributed by atoms with E-state index >= 15 is 0 Å². The highest BCUT2D eigenvalue weighted by Gasteiger charge is 2.18. The highest BCUT2D eigenvalue weighted by atomic mass is 32.1. The van der Waals surface area contributed by atoms with E-state index in [1.807, 2.05) is 79.7 Å². The third-order valence-corrected chi connectivity index (χ3v) is 5.46. The van der Waals surface area contributed by atoms with Crippen LogP contribution in [0.4, 0.5) is 5.69 Å². The van der Waals surface area contributed by atoms with E-state index in [0.717, 1.165) is 21.8 Å². The molecule has 0 bridgehead atoms. The fourth-order valence-corrected chi connectivity index (χ4v) is 3.87. The lowest BCUT2D eigenvalue weighted by atomic mass is 10.2. The molecule has 1 aromatic heterocycles. The maximum atomic E-state index is 12.6. The molecule has 0 saturated carbocycles. The molecule has 4 rings (SSSR count). The van der Waals surface area contributed by atoms with E-state index < -0.39 is 6.10 Å². The van der Waals surface area contributed by atoms with Gasteiger partial charge in [-0.15, -0.1) is 11.3 Å². The van der Waals surface area contributed by atoms with Crippen LogP contribution in [0, 0.1) is 0 Å². The Labute approximate surface area is 167 Å². The van der Waals surface area contributed by atoms with Crippen LogP contribution in [-0.2, 0) is 4.79 Å². The number of thiazole rings is 1.